The van der Waals surface area contributed by atoms with Crippen LogP contribution in [0.2, 0.25) is 0 Å². The quantitative estimate of drug-likeness (QED) is 0.422. The van der Waals surface area contributed by atoms with Gasteiger partial charge >= 0.3 is 0 Å². The maximum Gasteiger partial charge on any atom is 0.174 e. The largest absolute Gasteiger partial charge is 0.495 e. The van der Waals surface area contributed by atoms with Gasteiger partial charge in [0.05, 0.1) is 24.8 Å². The summed E-state index contributed by atoms with van der Waals surface area (Å²) in [6, 6.07) is 12.8. The summed E-state index contributed by atoms with van der Waals surface area (Å²) in [7, 11) is 1.66. The van der Waals surface area contributed by atoms with Gasteiger partial charge < -0.3 is 9.30 Å². The number of hydrogen-bond donors (Lipinski definition) is 0. The molecule has 168 valence electrons. The van der Waals surface area contributed by atoms with Gasteiger partial charge in [0.2, 0.25) is 0 Å². The van der Waals surface area contributed by atoms with E-state index in [-0.39, 0.29) is 11.7 Å². The van der Waals surface area contributed by atoms with E-state index in [0.29, 0.717) is 11.7 Å². The number of hydrogen-bond acceptors (Lipinski definition) is 4. The molecule has 7 heteroatoms. The summed E-state index contributed by atoms with van der Waals surface area (Å²) in [6.45, 7) is 5.01. The minimum absolute atomic E-state index is 0.104. The van der Waals surface area contributed by atoms with Gasteiger partial charge in [0.25, 0.3) is 0 Å². The standard InChI is InChI=1S/C26H26FN5O/c1-17-12-13-32-26(25(17)20-6-8-21(27)9-7-20)29-24(30-32)11-5-19-4-10-22(23(14-19)33-3)31-15-18(2)28-16-31/h4-11,14-17,25H,12-13H2,1-3H3. The molecule has 1 aliphatic heterocycles. The van der Waals surface area contributed by atoms with Crippen molar-refractivity contribution in [3.8, 4) is 11.4 Å². The number of nitrogens with zero attached hydrogens (tertiary/aromatic N) is 5. The van der Waals surface area contributed by atoms with Crippen molar-refractivity contribution in [2.75, 3.05) is 7.11 Å². The van der Waals surface area contributed by atoms with Crippen molar-refractivity contribution in [1.82, 2.24) is 24.3 Å². The highest BCUT2D eigenvalue weighted by Crippen LogP contribution is 2.37. The third-order valence-electron chi connectivity index (χ3n) is 6.21. The molecule has 0 saturated carbocycles. The highest BCUT2D eigenvalue weighted by molar-refractivity contribution is 5.69. The maximum atomic E-state index is 13.4. The van der Waals surface area contributed by atoms with Gasteiger partial charge in [-0.15, -0.1) is 0 Å². The normalized spacial score (nSPS) is 17.9. The van der Waals surface area contributed by atoms with Crippen molar-refractivity contribution in [2.24, 2.45) is 5.92 Å². The van der Waals surface area contributed by atoms with E-state index >= 15 is 0 Å². The number of halogens is 1. The van der Waals surface area contributed by atoms with Crippen LogP contribution >= 0.6 is 0 Å². The molecule has 0 N–H and O–H groups in total. The Morgan fingerprint density at radius 3 is 2.67 bits per heavy atom. The number of ether oxygens (including phenoxy) is 1. The summed E-state index contributed by atoms with van der Waals surface area (Å²) in [4.78, 5) is 9.13. The van der Waals surface area contributed by atoms with Gasteiger partial charge in [0.15, 0.2) is 5.82 Å². The lowest BCUT2D eigenvalue weighted by Crippen LogP contribution is -2.24. The zero-order valence-corrected chi connectivity index (χ0v) is 18.9. The number of aromatic nitrogens is 5. The fraction of sp³-hybridized carbons (Fsp3) is 0.269. The van der Waals surface area contributed by atoms with Crippen LogP contribution in [-0.4, -0.2) is 31.4 Å². The van der Waals surface area contributed by atoms with Crippen LogP contribution in [0.5, 0.6) is 5.75 Å². The van der Waals surface area contributed by atoms with Crippen LogP contribution in [0.1, 0.15) is 47.7 Å². The Hall–Kier alpha value is -3.74. The Morgan fingerprint density at radius 1 is 1.12 bits per heavy atom. The molecule has 0 amide bonds. The monoisotopic (exact) mass is 443 g/mol. The molecule has 2 unspecified atom stereocenters. The van der Waals surface area contributed by atoms with Crippen molar-refractivity contribution in [3.05, 3.63) is 89.3 Å². The zero-order valence-electron chi connectivity index (χ0n) is 18.9. The first-order valence-corrected chi connectivity index (χ1v) is 11.1. The molecule has 0 fully saturated rings. The molecule has 0 bridgehead atoms. The Bertz CT molecular complexity index is 1300. The van der Waals surface area contributed by atoms with E-state index in [4.69, 9.17) is 14.8 Å². The third kappa shape index (κ3) is 4.18. The molecule has 2 aromatic heterocycles. The number of imidazole rings is 1. The van der Waals surface area contributed by atoms with Crippen LogP contribution in [0.4, 0.5) is 4.39 Å². The molecular weight excluding hydrogens is 417 g/mol. The molecule has 1 aliphatic rings. The Balaban J connectivity index is 1.42. The second-order valence-corrected chi connectivity index (χ2v) is 8.53. The minimum atomic E-state index is -0.225. The van der Waals surface area contributed by atoms with Crippen LogP contribution in [0.3, 0.4) is 0 Å². The van der Waals surface area contributed by atoms with Crippen molar-refractivity contribution in [3.63, 3.8) is 0 Å². The lowest BCUT2D eigenvalue weighted by molar-refractivity contribution is 0.347. The van der Waals surface area contributed by atoms with E-state index in [1.807, 2.05) is 64.9 Å². The molecule has 0 aliphatic carbocycles. The summed E-state index contributed by atoms with van der Waals surface area (Å²) < 4.78 is 23.0. The van der Waals surface area contributed by atoms with Crippen molar-refractivity contribution < 1.29 is 9.13 Å². The lowest BCUT2D eigenvalue weighted by atomic mass is 9.82. The fourth-order valence-electron chi connectivity index (χ4n) is 4.47. The highest BCUT2D eigenvalue weighted by Gasteiger charge is 2.31. The number of rotatable bonds is 5. The third-order valence-corrected chi connectivity index (χ3v) is 6.21. The topological polar surface area (TPSA) is 57.8 Å². The Morgan fingerprint density at radius 2 is 1.94 bits per heavy atom. The van der Waals surface area contributed by atoms with E-state index in [1.54, 1.807) is 13.4 Å². The second kappa shape index (κ2) is 8.65. The molecule has 0 saturated heterocycles. The first kappa shape index (κ1) is 21.1. The van der Waals surface area contributed by atoms with Crippen LogP contribution in [0, 0.1) is 18.7 Å². The molecule has 3 heterocycles. The van der Waals surface area contributed by atoms with Gasteiger partial charge in [-0.2, -0.15) is 5.10 Å². The fourth-order valence-corrected chi connectivity index (χ4v) is 4.47. The summed E-state index contributed by atoms with van der Waals surface area (Å²) in [5.74, 6) is 2.65. The van der Waals surface area contributed by atoms with E-state index < -0.39 is 0 Å². The molecule has 2 aromatic carbocycles. The first-order valence-electron chi connectivity index (χ1n) is 11.1. The van der Waals surface area contributed by atoms with E-state index in [1.165, 1.54) is 12.1 Å². The Kier molecular flexibility index (Phi) is 5.54. The van der Waals surface area contributed by atoms with Crippen LogP contribution in [-0.2, 0) is 6.54 Å². The summed E-state index contributed by atoms with van der Waals surface area (Å²) in [5.41, 5.74) is 3.94. The summed E-state index contributed by atoms with van der Waals surface area (Å²) in [5, 5.41) is 4.71. The van der Waals surface area contributed by atoms with Crippen molar-refractivity contribution >= 4 is 12.2 Å². The Labute approximate surface area is 192 Å². The van der Waals surface area contributed by atoms with E-state index in [9.17, 15) is 4.39 Å². The average Bonchev–Trinajstić information content (AvgIpc) is 3.44. The number of methoxy groups -OCH3 is 1. The molecule has 33 heavy (non-hydrogen) atoms. The van der Waals surface area contributed by atoms with Gasteiger partial charge in [-0.25, -0.2) is 19.0 Å². The highest BCUT2D eigenvalue weighted by atomic mass is 19.1. The second-order valence-electron chi connectivity index (χ2n) is 8.53. The van der Waals surface area contributed by atoms with Crippen molar-refractivity contribution in [2.45, 2.75) is 32.7 Å². The van der Waals surface area contributed by atoms with E-state index in [0.717, 1.165) is 47.0 Å². The van der Waals surface area contributed by atoms with Crippen LogP contribution in [0.15, 0.2) is 55.0 Å². The first-order chi connectivity index (χ1) is 16.0. The predicted molar refractivity (Wildman–Crippen MR) is 126 cm³/mol. The minimum Gasteiger partial charge on any atom is -0.495 e. The molecule has 0 radical (unpaired) electrons. The molecule has 4 aromatic rings. The number of fused-ring (bicyclic) bond motifs is 1. The summed E-state index contributed by atoms with van der Waals surface area (Å²) >= 11 is 0. The maximum absolute atomic E-state index is 13.4. The molecule has 2 atom stereocenters. The van der Waals surface area contributed by atoms with Gasteiger partial charge in [0.1, 0.15) is 17.4 Å². The predicted octanol–water partition coefficient (Wildman–Crippen LogP) is 5.26. The van der Waals surface area contributed by atoms with Crippen molar-refractivity contribution in [1.29, 1.82) is 0 Å². The van der Waals surface area contributed by atoms with Gasteiger partial charge in [-0.3, -0.25) is 0 Å². The number of aryl methyl sites for hydroxylation is 2. The van der Waals surface area contributed by atoms with Gasteiger partial charge in [-0.05, 0) is 60.7 Å². The molecule has 6 nitrogen and oxygen atoms in total. The zero-order chi connectivity index (χ0) is 22.9. The lowest BCUT2D eigenvalue weighted by Gasteiger charge is -2.28. The van der Waals surface area contributed by atoms with Gasteiger partial charge in [0, 0.05) is 18.7 Å². The molecular formula is C26H26FN5O. The molecule has 0 spiro atoms. The van der Waals surface area contributed by atoms with Crippen LogP contribution < -0.4 is 4.74 Å². The van der Waals surface area contributed by atoms with Crippen LogP contribution in [0.25, 0.3) is 17.8 Å². The molecule has 5 rings (SSSR count). The SMILES string of the molecule is COc1cc(C=Cc2nc3n(n2)CCC(C)C3c2ccc(F)cc2)ccc1-n1cnc(C)c1. The smallest absolute Gasteiger partial charge is 0.174 e. The van der Waals surface area contributed by atoms with Gasteiger partial charge in [-0.1, -0.05) is 31.2 Å². The number of benzene rings is 2. The van der Waals surface area contributed by atoms with E-state index in [2.05, 4.69) is 11.9 Å². The summed E-state index contributed by atoms with van der Waals surface area (Å²) in [6.07, 6.45) is 8.66. The average molecular weight is 444 g/mol.